The fourth-order valence-corrected chi connectivity index (χ4v) is 2.10. The van der Waals surface area contributed by atoms with Crippen LogP contribution in [0.1, 0.15) is 33.1 Å². The SMILES string of the molecule is CCNC(=NCC(C)Oc1ccc(F)cc1)NCCCCCOC.I. The third-order valence-corrected chi connectivity index (χ3v) is 3.32. The molecule has 1 aromatic rings. The van der Waals surface area contributed by atoms with Gasteiger partial charge in [0.15, 0.2) is 5.96 Å². The number of rotatable bonds is 11. The minimum Gasteiger partial charge on any atom is -0.489 e. The molecule has 0 saturated heterocycles. The van der Waals surface area contributed by atoms with Gasteiger partial charge in [-0.2, -0.15) is 0 Å². The summed E-state index contributed by atoms with van der Waals surface area (Å²) in [5.41, 5.74) is 0. The summed E-state index contributed by atoms with van der Waals surface area (Å²) in [6, 6.07) is 6.03. The number of ether oxygens (including phenoxy) is 2. The van der Waals surface area contributed by atoms with Gasteiger partial charge in [0.1, 0.15) is 17.7 Å². The maximum Gasteiger partial charge on any atom is 0.191 e. The first-order valence-electron chi connectivity index (χ1n) is 8.59. The lowest BCUT2D eigenvalue weighted by atomic mass is 10.2. The van der Waals surface area contributed by atoms with Crippen molar-refractivity contribution in [3.8, 4) is 5.75 Å². The Morgan fingerprint density at radius 3 is 2.52 bits per heavy atom. The molecule has 0 bridgehead atoms. The quantitative estimate of drug-likeness (QED) is 0.226. The molecule has 0 heterocycles. The van der Waals surface area contributed by atoms with E-state index in [4.69, 9.17) is 9.47 Å². The smallest absolute Gasteiger partial charge is 0.191 e. The highest BCUT2D eigenvalue weighted by Gasteiger charge is 2.05. The van der Waals surface area contributed by atoms with Gasteiger partial charge in [-0.15, -0.1) is 24.0 Å². The maximum atomic E-state index is 12.9. The monoisotopic (exact) mass is 467 g/mol. The van der Waals surface area contributed by atoms with Crippen molar-refractivity contribution in [1.29, 1.82) is 0 Å². The van der Waals surface area contributed by atoms with Gasteiger partial charge >= 0.3 is 0 Å². The van der Waals surface area contributed by atoms with Gasteiger partial charge in [0.05, 0.1) is 6.54 Å². The second-order valence-corrected chi connectivity index (χ2v) is 5.58. The van der Waals surface area contributed by atoms with Gasteiger partial charge in [-0.3, -0.25) is 0 Å². The topological polar surface area (TPSA) is 54.9 Å². The van der Waals surface area contributed by atoms with E-state index in [0.29, 0.717) is 12.3 Å². The van der Waals surface area contributed by atoms with Crippen molar-refractivity contribution in [3.63, 3.8) is 0 Å². The van der Waals surface area contributed by atoms with Gasteiger partial charge in [0, 0.05) is 26.8 Å². The van der Waals surface area contributed by atoms with Crippen molar-refractivity contribution >= 4 is 29.9 Å². The van der Waals surface area contributed by atoms with Crippen molar-refractivity contribution in [1.82, 2.24) is 10.6 Å². The number of aliphatic imine (C=N–C) groups is 1. The van der Waals surface area contributed by atoms with Crippen molar-refractivity contribution in [3.05, 3.63) is 30.1 Å². The summed E-state index contributed by atoms with van der Waals surface area (Å²) in [4.78, 5) is 4.53. The minimum absolute atomic E-state index is 0. The number of halogens is 2. The standard InChI is InChI=1S/C18H30FN3O2.HI/c1-4-20-18(21-12-6-5-7-13-23-3)22-14-15(2)24-17-10-8-16(19)9-11-17;/h8-11,15H,4-7,12-14H2,1-3H3,(H2,20,21,22);1H. The van der Waals surface area contributed by atoms with E-state index in [-0.39, 0.29) is 35.9 Å². The van der Waals surface area contributed by atoms with Gasteiger partial charge in [-0.25, -0.2) is 9.38 Å². The van der Waals surface area contributed by atoms with Gasteiger partial charge < -0.3 is 20.1 Å². The van der Waals surface area contributed by atoms with Crippen LogP contribution in [0, 0.1) is 5.82 Å². The zero-order valence-corrected chi connectivity index (χ0v) is 17.7. The zero-order valence-electron chi connectivity index (χ0n) is 15.4. The molecular formula is C18H31FIN3O2. The fourth-order valence-electron chi connectivity index (χ4n) is 2.10. The number of methoxy groups -OCH3 is 1. The molecule has 144 valence electrons. The number of hydrogen-bond acceptors (Lipinski definition) is 3. The maximum absolute atomic E-state index is 12.9. The summed E-state index contributed by atoms with van der Waals surface area (Å²) in [7, 11) is 1.73. The summed E-state index contributed by atoms with van der Waals surface area (Å²) in [6.07, 6.45) is 3.20. The van der Waals surface area contributed by atoms with Crippen LogP contribution in [0.2, 0.25) is 0 Å². The molecule has 0 aliphatic carbocycles. The molecule has 7 heteroatoms. The molecule has 1 unspecified atom stereocenters. The predicted octanol–water partition coefficient (Wildman–Crippen LogP) is 3.58. The third kappa shape index (κ3) is 12.0. The van der Waals surface area contributed by atoms with Crippen LogP contribution in [0.4, 0.5) is 4.39 Å². The Hall–Kier alpha value is -1.09. The molecule has 5 nitrogen and oxygen atoms in total. The zero-order chi connectivity index (χ0) is 17.6. The lowest BCUT2D eigenvalue weighted by Gasteiger charge is -2.15. The summed E-state index contributed by atoms with van der Waals surface area (Å²) in [5, 5.41) is 6.54. The average molecular weight is 467 g/mol. The Morgan fingerprint density at radius 1 is 1.16 bits per heavy atom. The number of nitrogens with one attached hydrogen (secondary N) is 2. The molecule has 25 heavy (non-hydrogen) atoms. The molecule has 0 spiro atoms. The molecule has 0 radical (unpaired) electrons. The van der Waals surface area contributed by atoms with Crippen LogP contribution in [0.5, 0.6) is 5.75 Å². The van der Waals surface area contributed by atoms with E-state index in [0.717, 1.165) is 44.9 Å². The third-order valence-electron chi connectivity index (χ3n) is 3.32. The molecule has 2 N–H and O–H groups in total. The Bertz CT molecular complexity index is 472. The molecule has 0 aromatic heterocycles. The minimum atomic E-state index is -0.267. The Labute approximate surface area is 167 Å². The number of benzene rings is 1. The fraction of sp³-hybridized carbons (Fsp3) is 0.611. The van der Waals surface area contributed by atoms with Crippen LogP contribution < -0.4 is 15.4 Å². The van der Waals surface area contributed by atoms with E-state index in [1.807, 2.05) is 13.8 Å². The highest BCUT2D eigenvalue weighted by molar-refractivity contribution is 14.0. The first kappa shape index (κ1) is 23.9. The Balaban J connectivity index is 0.00000576. The van der Waals surface area contributed by atoms with E-state index in [1.54, 1.807) is 19.2 Å². The molecule has 0 saturated carbocycles. The summed E-state index contributed by atoms with van der Waals surface area (Å²) in [6.45, 7) is 7.00. The first-order chi connectivity index (χ1) is 11.7. The largest absolute Gasteiger partial charge is 0.489 e. The number of guanidine groups is 1. The van der Waals surface area contributed by atoms with Crippen LogP contribution in [0.15, 0.2) is 29.3 Å². The van der Waals surface area contributed by atoms with E-state index < -0.39 is 0 Å². The van der Waals surface area contributed by atoms with Crippen LogP contribution in [-0.2, 0) is 4.74 Å². The molecule has 0 fully saturated rings. The average Bonchev–Trinajstić information content (AvgIpc) is 2.57. The van der Waals surface area contributed by atoms with Crippen LogP contribution in [-0.4, -0.2) is 45.4 Å². The lowest BCUT2D eigenvalue weighted by molar-refractivity contribution is 0.192. The van der Waals surface area contributed by atoms with Gasteiger partial charge in [0.25, 0.3) is 0 Å². The van der Waals surface area contributed by atoms with E-state index in [2.05, 4.69) is 15.6 Å². The predicted molar refractivity (Wildman–Crippen MR) is 112 cm³/mol. The van der Waals surface area contributed by atoms with Crippen molar-refractivity contribution in [2.45, 2.75) is 39.2 Å². The Morgan fingerprint density at radius 2 is 1.88 bits per heavy atom. The molecule has 1 rings (SSSR count). The highest BCUT2D eigenvalue weighted by atomic mass is 127. The van der Waals surface area contributed by atoms with Crippen molar-refractivity contribution < 1.29 is 13.9 Å². The number of nitrogens with zero attached hydrogens (tertiary/aromatic N) is 1. The molecule has 0 amide bonds. The summed E-state index contributed by atoms with van der Waals surface area (Å²) in [5.74, 6) is 1.17. The molecule has 1 atom stereocenters. The molecular weight excluding hydrogens is 436 g/mol. The second kappa shape index (κ2) is 15.2. The normalized spacial score (nSPS) is 12.2. The first-order valence-corrected chi connectivity index (χ1v) is 8.59. The highest BCUT2D eigenvalue weighted by Crippen LogP contribution is 2.13. The van der Waals surface area contributed by atoms with Crippen LogP contribution in [0.3, 0.4) is 0 Å². The lowest BCUT2D eigenvalue weighted by Crippen LogP contribution is -2.38. The second-order valence-electron chi connectivity index (χ2n) is 5.58. The molecule has 1 aromatic carbocycles. The van der Waals surface area contributed by atoms with E-state index in [9.17, 15) is 4.39 Å². The van der Waals surface area contributed by atoms with E-state index >= 15 is 0 Å². The van der Waals surface area contributed by atoms with E-state index in [1.165, 1.54) is 12.1 Å². The van der Waals surface area contributed by atoms with Crippen molar-refractivity contribution in [2.24, 2.45) is 4.99 Å². The molecule has 0 aliphatic rings. The Kier molecular flexibility index (Phi) is 14.5. The van der Waals surface area contributed by atoms with Gasteiger partial charge in [-0.05, 0) is 57.4 Å². The number of hydrogen-bond donors (Lipinski definition) is 2. The summed E-state index contributed by atoms with van der Waals surface area (Å²) < 4.78 is 23.6. The number of unbranched alkanes of at least 4 members (excludes halogenated alkanes) is 2. The molecule has 0 aliphatic heterocycles. The summed E-state index contributed by atoms with van der Waals surface area (Å²) >= 11 is 0. The van der Waals surface area contributed by atoms with Crippen LogP contribution in [0.25, 0.3) is 0 Å². The van der Waals surface area contributed by atoms with Gasteiger partial charge in [0.2, 0.25) is 0 Å². The van der Waals surface area contributed by atoms with Crippen molar-refractivity contribution in [2.75, 3.05) is 33.4 Å². The van der Waals surface area contributed by atoms with Crippen LogP contribution >= 0.6 is 24.0 Å². The van der Waals surface area contributed by atoms with Gasteiger partial charge in [-0.1, -0.05) is 0 Å².